The fraction of sp³-hybridized carbons (Fsp3) is 0.167. The quantitative estimate of drug-likeness (QED) is 0.334. The predicted octanol–water partition coefficient (Wildman–Crippen LogP) is 4.96. The number of carbonyl (C=O) groups excluding carboxylic acids is 1. The number of fused-ring (bicyclic) bond motifs is 1. The van der Waals surface area contributed by atoms with E-state index in [1.807, 2.05) is 53.4 Å². The van der Waals surface area contributed by atoms with Gasteiger partial charge in [0.05, 0.1) is 39.6 Å². The third kappa shape index (κ3) is 4.41. The molecule has 0 aliphatic carbocycles. The monoisotopic (exact) mass is 460 g/mol. The summed E-state index contributed by atoms with van der Waals surface area (Å²) < 4.78 is 6.51. The number of non-ortho nitro benzene ring substituents is 1. The van der Waals surface area contributed by atoms with Crippen molar-refractivity contribution in [3.63, 3.8) is 0 Å². The standard InChI is InChI=1S/C24H20N4O4S/c29-23(19-15-18(28(30)31)9-10-21(19)27-11-13-32-14-12-27)25-17-7-5-16(6-8-17)24-26-20-3-1-2-4-22(20)33-24/h1-10,15H,11-14H2,(H,25,29). The number of nitro benzene ring substituents is 1. The molecule has 5 rings (SSSR count). The van der Waals surface area contributed by atoms with Gasteiger partial charge in [-0.3, -0.25) is 14.9 Å². The Kier molecular flexibility index (Phi) is 5.72. The largest absolute Gasteiger partial charge is 0.378 e. The first-order valence-corrected chi connectivity index (χ1v) is 11.3. The number of rotatable bonds is 5. The maximum Gasteiger partial charge on any atom is 0.270 e. The van der Waals surface area contributed by atoms with E-state index >= 15 is 0 Å². The molecule has 2 heterocycles. The zero-order chi connectivity index (χ0) is 22.8. The Bertz CT molecular complexity index is 1300. The number of nitrogens with zero attached hydrogens (tertiary/aromatic N) is 3. The summed E-state index contributed by atoms with van der Waals surface area (Å²) in [6, 6.07) is 19.8. The molecule has 8 nitrogen and oxygen atoms in total. The molecule has 1 amide bonds. The highest BCUT2D eigenvalue weighted by atomic mass is 32.1. The molecule has 33 heavy (non-hydrogen) atoms. The molecule has 0 spiro atoms. The second kappa shape index (κ2) is 8.97. The lowest BCUT2D eigenvalue weighted by molar-refractivity contribution is -0.384. The first kappa shape index (κ1) is 21.0. The summed E-state index contributed by atoms with van der Waals surface area (Å²) in [5.41, 5.74) is 3.32. The Hall–Kier alpha value is -3.82. The van der Waals surface area contributed by atoms with Crippen LogP contribution in [0.1, 0.15) is 10.4 Å². The van der Waals surface area contributed by atoms with E-state index in [1.165, 1.54) is 12.1 Å². The second-order valence-electron chi connectivity index (χ2n) is 7.58. The maximum atomic E-state index is 13.1. The molecule has 166 valence electrons. The number of benzene rings is 3. The van der Waals surface area contributed by atoms with Crippen molar-refractivity contribution in [1.29, 1.82) is 0 Å². The summed E-state index contributed by atoms with van der Waals surface area (Å²) in [4.78, 5) is 30.6. The third-order valence-corrected chi connectivity index (χ3v) is 6.56. The summed E-state index contributed by atoms with van der Waals surface area (Å²) in [6.07, 6.45) is 0. The fourth-order valence-corrected chi connectivity index (χ4v) is 4.76. The minimum atomic E-state index is -0.493. The molecular weight excluding hydrogens is 440 g/mol. The highest BCUT2D eigenvalue weighted by Crippen LogP contribution is 2.31. The van der Waals surface area contributed by atoms with E-state index in [9.17, 15) is 14.9 Å². The van der Waals surface area contributed by atoms with Crippen LogP contribution in [0.4, 0.5) is 17.1 Å². The SMILES string of the molecule is O=C(Nc1ccc(-c2nc3ccccc3s2)cc1)c1cc([N+](=O)[O-])ccc1N1CCOCC1. The summed E-state index contributed by atoms with van der Waals surface area (Å²) in [7, 11) is 0. The van der Waals surface area contributed by atoms with E-state index in [1.54, 1.807) is 17.4 Å². The number of nitrogens with one attached hydrogen (secondary N) is 1. The molecule has 0 radical (unpaired) electrons. The van der Waals surface area contributed by atoms with E-state index in [4.69, 9.17) is 4.74 Å². The van der Waals surface area contributed by atoms with E-state index in [0.717, 1.165) is 20.8 Å². The smallest absolute Gasteiger partial charge is 0.270 e. The minimum Gasteiger partial charge on any atom is -0.378 e. The van der Waals surface area contributed by atoms with Gasteiger partial charge in [0.1, 0.15) is 5.01 Å². The van der Waals surface area contributed by atoms with Gasteiger partial charge in [-0.25, -0.2) is 4.98 Å². The van der Waals surface area contributed by atoms with Crippen LogP contribution in [0, 0.1) is 10.1 Å². The molecule has 1 saturated heterocycles. The van der Waals surface area contributed by atoms with Gasteiger partial charge in [-0.15, -0.1) is 11.3 Å². The number of amides is 1. The van der Waals surface area contributed by atoms with Crippen molar-refractivity contribution < 1.29 is 14.5 Å². The number of hydrogen-bond donors (Lipinski definition) is 1. The average molecular weight is 461 g/mol. The lowest BCUT2D eigenvalue weighted by atomic mass is 10.1. The van der Waals surface area contributed by atoms with Crippen LogP contribution in [0.15, 0.2) is 66.7 Å². The third-order valence-electron chi connectivity index (χ3n) is 5.47. The van der Waals surface area contributed by atoms with Crippen LogP contribution in [0.5, 0.6) is 0 Å². The Morgan fingerprint density at radius 3 is 2.55 bits per heavy atom. The number of ether oxygens (including phenoxy) is 1. The van der Waals surface area contributed by atoms with Gasteiger partial charge in [0.2, 0.25) is 0 Å². The van der Waals surface area contributed by atoms with Crippen LogP contribution in [0.3, 0.4) is 0 Å². The fourth-order valence-electron chi connectivity index (χ4n) is 3.79. The number of hydrogen-bond acceptors (Lipinski definition) is 7. The van der Waals surface area contributed by atoms with Crippen molar-refractivity contribution in [3.8, 4) is 10.6 Å². The van der Waals surface area contributed by atoms with E-state index in [-0.39, 0.29) is 11.3 Å². The highest BCUT2D eigenvalue weighted by molar-refractivity contribution is 7.21. The number of aromatic nitrogens is 1. The van der Waals surface area contributed by atoms with E-state index in [2.05, 4.69) is 10.3 Å². The average Bonchev–Trinajstić information content (AvgIpc) is 3.29. The lowest BCUT2D eigenvalue weighted by Crippen LogP contribution is -2.37. The predicted molar refractivity (Wildman–Crippen MR) is 129 cm³/mol. The van der Waals surface area contributed by atoms with Crippen molar-refractivity contribution >= 4 is 44.5 Å². The highest BCUT2D eigenvalue weighted by Gasteiger charge is 2.22. The van der Waals surface area contributed by atoms with Gasteiger partial charge in [-0.05, 0) is 42.5 Å². The van der Waals surface area contributed by atoms with Crippen molar-refractivity contribution in [2.45, 2.75) is 0 Å². The lowest BCUT2D eigenvalue weighted by Gasteiger charge is -2.30. The normalized spacial score (nSPS) is 13.8. The molecule has 0 unspecified atom stereocenters. The molecule has 1 aromatic heterocycles. The van der Waals surface area contributed by atoms with Gasteiger partial charge in [-0.2, -0.15) is 0 Å². The van der Waals surface area contributed by atoms with Crippen LogP contribution in [0.25, 0.3) is 20.8 Å². The van der Waals surface area contributed by atoms with Crippen LogP contribution >= 0.6 is 11.3 Å². The topological polar surface area (TPSA) is 97.6 Å². The molecule has 1 aliphatic heterocycles. The second-order valence-corrected chi connectivity index (χ2v) is 8.61. The Morgan fingerprint density at radius 1 is 1.06 bits per heavy atom. The van der Waals surface area contributed by atoms with Crippen molar-refractivity contribution in [1.82, 2.24) is 4.98 Å². The maximum absolute atomic E-state index is 13.1. The van der Waals surface area contributed by atoms with Gasteiger partial charge in [0.15, 0.2) is 0 Å². The molecule has 1 N–H and O–H groups in total. The number of anilines is 2. The van der Waals surface area contributed by atoms with Crippen LogP contribution in [-0.2, 0) is 4.74 Å². The van der Waals surface area contributed by atoms with Gasteiger partial charge < -0.3 is 15.0 Å². The zero-order valence-corrected chi connectivity index (χ0v) is 18.4. The number of thiazole rings is 1. The summed E-state index contributed by atoms with van der Waals surface area (Å²) in [5.74, 6) is -0.395. The Balaban J connectivity index is 1.39. The molecular formula is C24H20N4O4S. The van der Waals surface area contributed by atoms with Crippen molar-refractivity contribution in [3.05, 3.63) is 82.4 Å². The number of nitro groups is 1. The number of para-hydroxylation sites is 1. The van der Waals surface area contributed by atoms with Gasteiger partial charge >= 0.3 is 0 Å². The zero-order valence-electron chi connectivity index (χ0n) is 17.6. The van der Waals surface area contributed by atoms with E-state index in [0.29, 0.717) is 37.7 Å². The molecule has 3 aromatic carbocycles. The van der Waals surface area contributed by atoms with Gasteiger partial charge in [0.25, 0.3) is 11.6 Å². The molecule has 1 fully saturated rings. The van der Waals surface area contributed by atoms with Crippen LogP contribution in [0.2, 0.25) is 0 Å². The molecule has 9 heteroatoms. The van der Waals surface area contributed by atoms with Crippen molar-refractivity contribution in [2.75, 3.05) is 36.5 Å². The molecule has 0 atom stereocenters. The molecule has 0 saturated carbocycles. The first-order chi connectivity index (χ1) is 16.1. The summed E-state index contributed by atoms with van der Waals surface area (Å²) in [5, 5.41) is 15.1. The van der Waals surface area contributed by atoms with Crippen LogP contribution < -0.4 is 10.2 Å². The number of morpholine rings is 1. The summed E-state index contributed by atoms with van der Waals surface area (Å²) >= 11 is 1.61. The minimum absolute atomic E-state index is 0.122. The molecule has 1 aliphatic rings. The first-order valence-electron chi connectivity index (χ1n) is 10.5. The number of carbonyl (C=O) groups is 1. The Morgan fingerprint density at radius 2 is 1.82 bits per heavy atom. The molecule has 0 bridgehead atoms. The van der Waals surface area contributed by atoms with Gasteiger partial charge in [0, 0.05) is 36.5 Å². The van der Waals surface area contributed by atoms with E-state index < -0.39 is 10.8 Å². The van der Waals surface area contributed by atoms with Crippen LogP contribution in [-0.4, -0.2) is 42.1 Å². The Labute approximate surface area is 193 Å². The summed E-state index contributed by atoms with van der Waals surface area (Å²) in [6.45, 7) is 2.33. The van der Waals surface area contributed by atoms with Crippen molar-refractivity contribution in [2.24, 2.45) is 0 Å². The van der Waals surface area contributed by atoms with Gasteiger partial charge in [-0.1, -0.05) is 12.1 Å². The molecule has 4 aromatic rings.